The Labute approximate surface area is 124 Å². The van der Waals surface area contributed by atoms with Crippen LogP contribution < -0.4 is 15.8 Å². The van der Waals surface area contributed by atoms with Crippen molar-refractivity contribution in [2.75, 3.05) is 6.61 Å². The van der Waals surface area contributed by atoms with E-state index in [2.05, 4.69) is 5.32 Å². The summed E-state index contributed by atoms with van der Waals surface area (Å²) in [5, 5.41) is 3.03. The Morgan fingerprint density at radius 3 is 2.70 bits per heavy atom. The van der Waals surface area contributed by atoms with E-state index < -0.39 is 0 Å². The van der Waals surface area contributed by atoms with Crippen LogP contribution in [0.4, 0.5) is 0 Å². The summed E-state index contributed by atoms with van der Waals surface area (Å²) < 4.78 is 5.36. The van der Waals surface area contributed by atoms with Gasteiger partial charge in [-0.15, -0.1) is 0 Å². The lowest BCUT2D eigenvalue weighted by Gasteiger charge is -2.20. The molecule has 0 heterocycles. The van der Waals surface area contributed by atoms with Crippen molar-refractivity contribution in [1.29, 1.82) is 0 Å². The first kappa shape index (κ1) is 14.8. The molecule has 1 aromatic rings. The number of nitrogens with one attached hydrogen (secondary N) is 1. The van der Waals surface area contributed by atoms with E-state index in [0.29, 0.717) is 17.2 Å². The smallest absolute Gasteiger partial charge is 0.251 e. The number of hydrogen-bond acceptors (Lipinski definition) is 3. The highest BCUT2D eigenvalue weighted by Gasteiger charge is 2.30. The number of benzene rings is 1. The highest BCUT2D eigenvalue weighted by atomic mass is 32.1. The predicted octanol–water partition coefficient (Wildman–Crippen LogP) is 2.27. The quantitative estimate of drug-likeness (QED) is 0.817. The van der Waals surface area contributed by atoms with Crippen molar-refractivity contribution in [3.05, 3.63) is 29.8 Å². The van der Waals surface area contributed by atoms with Gasteiger partial charge in [-0.05, 0) is 44.0 Å². The number of thiocarbonyl (C=S) groups is 1. The molecule has 1 saturated carbocycles. The van der Waals surface area contributed by atoms with E-state index in [-0.39, 0.29) is 17.9 Å². The van der Waals surface area contributed by atoms with Crippen LogP contribution in [0, 0.1) is 5.92 Å². The number of rotatable bonds is 5. The van der Waals surface area contributed by atoms with Crippen molar-refractivity contribution >= 4 is 23.1 Å². The fourth-order valence-electron chi connectivity index (χ4n) is 2.59. The number of carbonyl (C=O) groups excluding carboxylic acids is 1. The van der Waals surface area contributed by atoms with Crippen LogP contribution in [0.3, 0.4) is 0 Å². The Bertz CT molecular complexity index is 487. The molecule has 1 aromatic carbocycles. The predicted molar refractivity (Wildman–Crippen MR) is 83.0 cm³/mol. The van der Waals surface area contributed by atoms with E-state index in [4.69, 9.17) is 22.7 Å². The summed E-state index contributed by atoms with van der Waals surface area (Å²) in [6.45, 7) is 2.54. The molecule has 0 spiro atoms. The van der Waals surface area contributed by atoms with Gasteiger partial charge < -0.3 is 15.8 Å². The van der Waals surface area contributed by atoms with Crippen LogP contribution in [0.1, 0.15) is 36.5 Å². The number of ether oxygens (including phenoxy) is 1. The molecule has 3 N–H and O–H groups in total. The number of amides is 1. The minimum atomic E-state index is -0.0822. The van der Waals surface area contributed by atoms with Gasteiger partial charge in [-0.3, -0.25) is 4.79 Å². The topological polar surface area (TPSA) is 64.3 Å². The second-order valence-electron chi connectivity index (χ2n) is 4.98. The van der Waals surface area contributed by atoms with Crippen molar-refractivity contribution in [2.45, 2.75) is 32.2 Å². The third-order valence-corrected chi connectivity index (χ3v) is 3.93. The van der Waals surface area contributed by atoms with Gasteiger partial charge in [-0.2, -0.15) is 0 Å². The molecule has 0 radical (unpaired) electrons. The third kappa shape index (κ3) is 3.48. The average Bonchev–Trinajstić information content (AvgIpc) is 2.88. The van der Waals surface area contributed by atoms with Gasteiger partial charge in [0, 0.05) is 17.5 Å². The number of nitrogens with two attached hydrogens (primary N) is 1. The summed E-state index contributed by atoms with van der Waals surface area (Å²) in [6.07, 6.45) is 2.95. The molecule has 20 heavy (non-hydrogen) atoms. The van der Waals surface area contributed by atoms with E-state index in [0.717, 1.165) is 25.0 Å². The van der Waals surface area contributed by atoms with Crippen LogP contribution in [0.15, 0.2) is 24.3 Å². The van der Waals surface area contributed by atoms with E-state index >= 15 is 0 Å². The molecule has 4 nitrogen and oxygen atoms in total. The SMILES string of the molecule is CCOc1ccc(C(=O)NC2CCCC2C(N)=S)cc1. The Morgan fingerprint density at radius 2 is 2.10 bits per heavy atom. The molecule has 0 aliphatic heterocycles. The number of carbonyl (C=O) groups is 1. The van der Waals surface area contributed by atoms with Gasteiger partial charge in [0.2, 0.25) is 0 Å². The summed E-state index contributed by atoms with van der Waals surface area (Å²) in [4.78, 5) is 12.7. The zero-order valence-electron chi connectivity index (χ0n) is 11.6. The van der Waals surface area contributed by atoms with Crippen LogP contribution in [-0.4, -0.2) is 23.5 Å². The van der Waals surface area contributed by atoms with Crippen LogP contribution in [0.5, 0.6) is 5.75 Å². The van der Waals surface area contributed by atoms with Crippen LogP contribution >= 0.6 is 12.2 Å². The Morgan fingerprint density at radius 1 is 1.40 bits per heavy atom. The van der Waals surface area contributed by atoms with E-state index in [1.54, 1.807) is 24.3 Å². The first-order valence-corrected chi connectivity index (χ1v) is 7.35. The average molecular weight is 292 g/mol. The molecule has 0 aromatic heterocycles. The molecule has 1 amide bonds. The fourth-order valence-corrected chi connectivity index (χ4v) is 2.88. The monoisotopic (exact) mass is 292 g/mol. The van der Waals surface area contributed by atoms with Gasteiger partial charge in [0.25, 0.3) is 5.91 Å². The zero-order valence-corrected chi connectivity index (χ0v) is 12.4. The molecule has 0 bridgehead atoms. The van der Waals surface area contributed by atoms with Crippen LogP contribution in [0.2, 0.25) is 0 Å². The maximum Gasteiger partial charge on any atom is 0.251 e. The van der Waals surface area contributed by atoms with Gasteiger partial charge >= 0.3 is 0 Å². The van der Waals surface area contributed by atoms with Crippen LogP contribution in [0.25, 0.3) is 0 Å². The minimum absolute atomic E-state index is 0.0616. The normalized spacial score (nSPS) is 21.4. The maximum absolute atomic E-state index is 12.2. The van der Waals surface area contributed by atoms with Gasteiger partial charge in [-0.1, -0.05) is 18.6 Å². The molecule has 2 unspecified atom stereocenters. The lowest BCUT2D eigenvalue weighted by atomic mass is 10.0. The molecule has 5 heteroatoms. The van der Waals surface area contributed by atoms with Crippen molar-refractivity contribution in [3.63, 3.8) is 0 Å². The highest BCUT2D eigenvalue weighted by molar-refractivity contribution is 7.80. The standard InChI is InChI=1S/C15H20N2O2S/c1-2-19-11-8-6-10(7-9-11)15(18)17-13-5-3-4-12(13)14(16)20/h6-9,12-13H,2-5H2,1H3,(H2,16,20)(H,17,18). The largest absolute Gasteiger partial charge is 0.494 e. The van der Waals surface area contributed by atoms with Crippen molar-refractivity contribution < 1.29 is 9.53 Å². The molecule has 2 atom stereocenters. The van der Waals surface area contributed by atoms with Gasteiger partial charge in [0.15, 0.2) is 0 Å². The maximum atomic E-state index is 12.2. The minimum Gasteiger partial charge on any atom is -0.494 e. The Hall–Kier alpha value is -1.62. The Balaban J connectivity index is 1.99. The van der Waals surface area contributed by atoms with E-state index in [9.17, 15) is 4.79 Å². The van der Waals surface area contributed by atoms with Gasteiger partial charge in [-0.25, -0.2) is 0 Å². The highest BCUT2D eigenvalue weighted by Crippen LogP contribution is 2.26. The fraction of sp³-hybridized carbons (Fsp3) is 0.467. The number of hydrogen-bond donors (Lipinski definition) is 2. The molecule has 108 valence electrons. The van der Waals surface area contributed by atoms with Gasteiger partial charge in [0.05, 0.1) is 11.6 Å². The second-order valence-corrected chi connectivity index (χ2v) is 5.45. The lowest BCUT2D eigenvalue weighted by molar-refractivity contribution is 0.0934. The van der Waals surface area contributed by atoms with Crippen LogP contribution in [-0.2, 0) is 0 Å². The third-order valence-electron chi connectivity index (χ3n) is 3.63. The van der Waals surface area contributed by atoms with E-state index in [1.807, 2.05) is 6.92 Å². The lowest BCUT2D eigenvalue weighted by Crippen LogP contribution is -2.41. The van der Waals surface area contributed by atoms with Crippen molar-refractivity contribution in [1.82, 2.24) is 5.32 Å². The molecule has 1 fully saturated rings. The van der Waals surface area contributed by atoms with Gasteiger partial charge in [0.1, 0.15) is 5.75 Å². The molecular formula is C15H20N2O2S. The molecule has 2 rings (SSSR count). The molecular weight excluding hydrogens is 272 g/mol. The summed E-state index contributed by atoms with van der Waals surface area (Å²) in [5.74, 6) is 0.809. The first-order chi connectivity index (χ1) is 9.61. The molecule has 1 aliphatic carbocycles. The summed E-state index contributed by atoms with van der Waals surface area (Å²) in [7, 11) is 0. The summed E-state index contributed by atoms with van der Waals surface area (Å²) in [5.41, 5.74) is 6.35. The molecule has 0 saturated heterocycles. The first-order valence-electron chi connectivity index (χ1n) is 6.95. The summed E-state index contributed by atoms with van der Waals surface area (Å²) >= 11 is 5.06. The Kier molecular flexibility index (Phi) is 4.95. The summed E-state index contributed by atoms with van der Waals surface area (Å²) in [6, 6.07) is 7.21. The van der Waals surface area contributed by atoms with Crippen molar-refractivity contribution in [3.8, 4) is 5.75 Å². The zero-order chi connectivity index (χ0) is 14.5. The van der Waals surface area contributed by atoms with Crippen molar-refractivity contribution in [2.24, 2.45) is 11.7 Å². The second kappa shape index (κ2) is 6.70. The van der Waals surface area contributed by atoms with E-state index in [1.165, 1.54) is 0 Å². The molecule has 1 aliphatic rings.